The Balaban J connectivity index is 0.664. The lowest BCUT2D eigenvalue weighted by molar-refractivity contribution is 1.06. The molecule has 9 nitrogen and oxygen atoms in total. The minimum Gasteiger partial charge on any atom is -0.254 e. The maximum absolute atomic E-state index is 5.37. The highest BCUT2D eigenvalue weighted by Gasteiger charge is 2.20. The fraction of sp³-hybridized carbons (Fsp3) is 0. The molecule has 6 heterocycles. The third-order valence-corrected chi connectivity index (χ3v) is 19.0. The summed E-state index contributed by atoms with van der Waals surface area (Å²) in [4.78, 5) is 46.6. The maximum Gasteiger partial charge on any atom is 0.182 e. The van der Waals surface area contributed by atoms with E-state index in [0.29, 0.717) is 29.0 Å². The van der Waals surface area contributed by atoms with Crippen molar-refractivity contribution in [2.75, 3.05) is 0 Å². The van der Waals surface area contributed by atoms with Gasteiger partial charge in [0.25, 0.3) is 0 Å². The van der Waals surface area contributed by atoms with Gasteiger partial charge in [0.2, 0.25) is 0 Å². The Labute approximate surface area is 562 Å². The van der Waals surface area contributed by atoms with Crippen molar-refractivity contribution in [2.45, 2.75) is 0 Å². The van der Waals surface area contributed by atoms with Gasteiger partial charge in [-0.25, -0.2) is 34.9 Å². The van der Waals surface area contributed by atoms with Crippen LogP contribution in [0, 0.1) is 0 Å². The van der Waals surface area contributed by atoms with E-state index in [-0.39, 0.29) is 0 Å². The van der Waals surface area contributed by atoms with E-state index in [1.165, 1.54) is 21.7 Å². The molecule has 9 heteroatoms. The molecule has 0 radical (unpaired) electrons. The molecule has 0 aliphatic heterocycles. The zero-order chi connectivity index (χ0) is 64.6. The van der Waals surface area contributed by atoms with Crippen LogP contribution in [0.3, 0.4) is 0 Å². The quantitative estimate of drug-likeness (QED) is 0.123. The summed E-state index contributed by atoms with van der Waals surface area (Å²) in [6.07, 6.45) is 3.82. The Morgan fingerprint density at radius 2 is 0.582 bits per heavy atom. The standard InChI is InChI=1S/C89H53N9/c1-3-15-54(16-4-1)56-27-31-59(32-28-56)80-51-81(95-86(94-80)60-19-5-2-6-20-60)78-45-41-68(52-90-78)85-74-44-40-58-30-33-65(50-75(58)83(74)72-24-12-14-26-77(72)93-85)63-34-35-64-49-67(38-36-62(64)47-63)88-96-87(66-37-29-55-17-7-8-21-61(55)48-66)97-89(98-88)79-46-42-69(53-91-79)84-73-43-39-57-18-9-10-22-70(57)82(73)71-23-11-13-25-76(71)92-84/h1-53H. The lowest BCUT2D eigenvalue weighted by atomic mass is 9.92. The lowest BCUT2D eigenvalue weighted by Gasteiger charge is -2.14. The van der Waals surface area contributed by atoms with Crippen LogP contribution < -0.4 is 0 Å². The molecule has 19 rings (SSSR count). The van der Waals surface area contributed by atoms with E-state index >= 15 is 0 Å². The topological polar surface area (TPSA) is 116 Å². The van der Waals surface area contributed by atoms with E-state index in [0.717, 1.165) is 149 Å². The summed E-state index contributed by atoms with van der Waals surface area (Å²) in [7, 11) is 0. The smallest absolute Gasteiger partial charge is 0.182 e. The van der Waals surface area contributed by atoms with Gasteiger partial charge < -0.3 is 0 Å². The molecule has 0 aliphatic carbocycles. The first-order chi connectivity index (χ1) is 48.5. The number of nitrogens with zero attached hydrogens (tertiary/aromatic N) is 9. The number of para-hydroxylation sites is 2. The SMILES string of the molecule is c1ccc(-c2ccc(-c3cc(-c4ccc(-c5nc6ccccc6c6c5ccc5ccc(-c7ccc8cc(-c9nc(-c%10ccc%11ccccc%11c%10)nc(-c%10ccc(-c%11nc%12ccccc%12c%12c%11ccc%11ccccc%11%12)cn%10)n9)ccc8c7)cc56)cn4)nc(-c4ccccc4)n3)cc2)cc1. The van der Waals surface area contributed by atoms with Crippen LogP contribution in [0.5, 0.6) is 0 Å². The second-order valence-electron chi connectivity index (χ2n) is 24.9. The first kappa shape index (κ1) is 56.2. The molecule has 6 aromatic heterocycles. The Morgan fingerprint density at radius 3 is 1.21 bits per heavy atom. The van der Waals surface area contributed by atoms with Crippen molar-refractivity contribution >= 4 is 86.4 Å². The van der Waals surface area contributed by atoms with Gasteiger partial charge in [0.15, 0.2) is 23.3 Å². The summed E-state index contributed by atoms with van der Waals surface area (Å²) in [5.74, 6) is 2.23. The molecular formula is C89H53N9. The predicted octanol–water partition coefficient (Wildman–Crippen LogP) is 22.1. The highest BCUT2D eigenvalue weighted by Crippen LogP contribution is 2.42. The number of aromatic nitrogens is 9. The fourth-order valence-corrected chi connectivity index (χ4v) is 14.0. The highest BCUT2D eigenvalue weighted by atomic mass is 15.0. The molecule has 0 saturated heterocycles. The van der Waals surface area contributed by atoms with Crippen molar-refractivity contribution in [2.24, 2.45) is 0 Å². The van der Waals surface area contributed by atoms with Gasteiger partial charge in [-0.1, -0.05) is 243 Å². The first-order valence-electron chi connectivity index (χ1n) is 32.8. The largest absolute Gasteiger partial charge is 0.254 e. The molecule has 454 valence electrons. The van der Waals surface area contributed by atoms with Crippen LogP contribution in [0.2, 0.25) is 0 Å². The van der Waals surface area contributed by atoms with E-state index in [2.05, 4.69) is 255 Å². The lowest BCUT2D eigenvalue weighted by Crippen LogP contribution is -2.01. The van der Waals surface area contributed by atoms with E-state index in [1.807, 2.05) is 67.0 Å². The fourth-order valence-electron chi connectivity index (χ4n) is 14.0. The molecular weight excluding hydrogens is 1200 g/mol. The summed E-state index contributed by atoms with van der Waals surface area (Å²) >= 11 is 0. The predicted molar refractivity (Wildman–Crippen MR) is 401 cm³/mol. The molecule has 0 atom stereocenters. The van der Waals surface area contributed by atoms with Gasteiger partial charge in [-0.15, -0.1) is 0 Å². The number of benzene rings is 13. The van der Waals surface area contributed by atoms with Crippen molar-refractivity contribution in [3.63, 3.8) is 0 Å². The van der Waals surface area contributed by atoms with E-state index < -0.39 is 0 Å². The van der Waals surface area contributed by atoms with Crippen molar-refractivity contribution in [3.8, 4) is 113 Å². The van der Waals surface area contributed by atoms with Crippen molar-refractivity contribution < 1.29 is 0 Å². The highest BCUT2D eigenvalue weighted by molar-refractivity contribution is 6.24. The molecule has 0 aliphatic rings. The molecule has 0 bridgehead atoms. The second-order valence-corrected chi connectivity index (χ2v) is 24.9. The summed E-state index contributed by atoms with van der Waals surface area (Å²) in [6, 6.07) is 108. The van der Waals surface area contributed by atoms with E-state index in [4.69, 9.17) is 44.9 Å². The van der Waals surface area contributed by atoms with Crippen molar-refractivity contribution in [1.82, 2.24) is 44.9 Å². The van der Waals surface area contributed by atoms with Gasteiger partial charge in [-0.2, -0.15) is 0 Å². The van der Waals surface area contributed by atoms with Crippen LogP contribution in [0.4, 0.5) is 0 Å². The molecule has 0 saturated carbocycles. The molecule has 0 unspecified atom stereocenters. The van der Waals surface area contributed by atoms with Crippen molar-refractivity contribution in [1.29, 1.82) is 0 Å². The number of rotatable bonds is 10. The average molecular weight is 1250 g/mol. The second kappa shape index (κ2) is 23.3. The third-order valence-electron chi connectivity index (χ3n) is 19.0. The molecule has 0 fully saturated rings. The first-order valence-corrected chi connectivity index (χ1v) is 32.8. The van der Waals surface area contributed by atoms with Crippen LogP contribution >= 0.6 is 0 Å². The van der Waals surface area contributed by atoms with E-state index in [1.54, 1.807) is 0 Å². The average Bonchev–Trinajstić information content (AvgIpc) is 0.746. The monoisotopic (exact) mass is 1250 g/mol. The van der Waals surface area contributed by atoms with Gasteiger partial charge in [-0.05, 0) is 132 Å². The Bertz CT molecular complexity index is 6390. The normalized spacial score (nSPS) is 11.7. The van der Waals surface area contributed by atoms with Crippen LogP contribution in [0.15, 0.2) is 322 Å². The van der Waals surface area contributed by atoms with Crippen LogP contribution in [-0.2, 0) is 0 Å². The van der Waals surface area contributed by atoms with Gasteiger partial charge >= 0.3 is 0 Å². The van der Waals surface area contributed by atoms with Gasteiger partial charge in [0.1, 0.15) is 5.69 Å². The van der Waals surface area contributed by atoms with Crippen LogP contribution in [-0.4, -0.2) is 44.9 Å². The zero-order valence-electron chi connectivity index (χ0n) is 52.6. The Morgan fingerprint density at radius 1 is 0.173 bits per heavy atom. The number of fused-ring (bicyclic) bond motifs is 12. The van der Waals surface area contributed by atoms with Crippen LogP contribution in [0.25, 0.3) is 200 Å². The summed E-state index contributed by atoms with van der Waals surface area (Å²) in [5.41, 5.74) is 16.5. The van der Waals surface area contributed by atoms with Gasteiger partial charge in [0, 0.05) is 78.1 Å². The maximum atomic E-state index is 5.37. The van der Waals surface area contributed by atoms with E-state index in [9.17, 15) is 0 Å². The van der Waals surface area contributed by atoms with Crippen molar-refractivity contribution in [3.05, 3.63) is 322 Å². The third kappa shape index (κ3) is 10.0. The van der Waals surface area contributed by atoms with Crippen LogP contribution in [0.1, 0.15) is 0 Å². The molecule has 98 heavy (non-hydrogen) atoms. The molecule has 13 aromatic carbocycles. The molecule has 0 spiro atoms. The Kier molecular flexibility index (Phi) is 13.3. The summed E-state index contributed by atoms with van der Waals surface area (Å²) in [6.45, 7) is 0. The molecule has 0 amide bonds. The number of hydrogen-bond acceptors (Lipinski definition) is 9. The molecule has 0 N–H and O–H groups in total. The van der Waals surface area contributed by atoms with Gasteiger partial charge in [0.05, 0.1) is 39.5 Å². The number of pyridine rings is 4. The zero-order valence-corrected chi connectivity index (χ0v) is 52.6. The molecule has 19 aromatic rings. The minimum atomic E-state index is 0.476. The van der Waals surface area contributed by atoms with Gasteiger partial charge in [-0.3, -0.25) is 9.97 Å². The summed E-state index contributed by atoms with van der Waals surface area (Å²) < 4.78 is 0. The number of hydrogen-bond donors (Lipinski definition) is 0. The minimum absolute atomic E-state index is 0.476. The Hall–Kier alpha value is -13.4. The summed E-state index contributed by atoms with van der Waals surface area (Å²) in [5, 5.41) is 15.7.